The Morgan fingerprint density at radius 2 is 1.82 bits per heavy atom. The van der Waals surface area contributed by atoms with Crippen LogP contribution in [0.2, 0.25) is 0 Å². The van der Waals surface area contributed by atoms with Gasteiger partial charge < -0.3 is 9.90 Å². The molecule has 94 valence electrons. The van der Waals surface area contributed by atoms with Crippen molar-refractivity contribution >= 4 is 16.3 Å². The van der Waals surface area contributed by atoms with Crippen molar-refractivity contribution < 1.29 is 52.4 Å². The Morgan fingerprint density at radius 1 is 1.29 bits per heavy atom. The number of carbonyl (C=O) groups excluding carboxylic acids is 1. The minimum Gasteiger partial charge on any atom is -0.550 e. The molecule has 0 aromatic heterocycles. The number of rotatable bonds is 5. The molecule has 0 amide bonds. The molecule has 8 heteroatoms. The smallest absolute Gasteiger partial charge is 0.550 e. The van der Waals surface area contributed by atoms with E-state index in [4.69, 9.17) is 4.55 Å². The molecule has 0 radical (unpaired) electrons. The normalized spacial score (nSPS) is 17.8. The van der Waals surface area contributed by atoms with Crippen molar-refractivity contribution in [3.8, 4) is 0 Å². The van der Waals surface area contributed by atoms with E-state index < -0.39 is 22.7 Å². The zero-order chi connectivity index (χ0) is 12.2. The summed E-state index contributed by atoms with van der Waals surface area (Å²) in [6, 6.07) is -0.275. The Balaban J connectivity index is 0.00000256. The summed E-state index contributed by atoms with van der Waals surface area (Å²) in [4.78, 5) is 10.3. The van der Waals surface area contributed by atoms with Gasteiger partial charge in [-0.1, -0.05) is 19.3 Å². The van der Waals surface area contributed by atoms with Crippen LogP contribution >= 0.6 is 0 Å². The van der Waals surface area contributed by atoms with Crippen LogP contribution in [0.25, 0.3) is 0 Å². The second-order valence-electron chi connectivity index (χ2n) is 4.00. The van der Waals surface area contributed by atoms with E-state index >= 15 is 0 Å². The molecule has 0 heterocycles. The summed E-state index contributed by atoms with van der Waals surface area (Å²) in [5, 5.41) is 10.3. The van der Waals surface area contributed by atoms with Crippen LogP contribution in [-0.4, -0.2) is 35.8 Å². The fourth-order valence-corrected chi connectivity index (χ4v) is 2.97. The van der Waals surface area contributed by atoms with Gasteiger partial charge in [0.1, 0.15) is 0 Å². The molecule has 1 aliphatic carbocycles. The number of nitrogens with zero attached hydrogens (tertiary/aromatic N) is 1. The van der Waals surface area contributed by atoms with Gasteiger partial charge in [-0.15, -0.1) is 0 Å². The predicted molar refractivity (Wildman–Crippen MR) is 54.8 cm³/mol. The van der Waals surface area contributed by atoms with Crippen LogP contribution in [0.4, 0.5) is 0 Å². The molecule has 0 aliphatic heterocycles. The Bertz CT molecular complexity index is 339. The van der Waals surface area contributed by atoms with Crippen LogP contribution in [-0.2, 0) is 15.1 Å². The van der Waals surface area contributed by atoms with Crippen LogP contribution in [0, 0.1) is 0 Å². The molecular formula is C9H16NNaO5S. The van der Waals surface area contributed by atoms with Crippen LogP contribution in [0.1, 0.15) is 38.5 Å². The molecule has 0 bridgehead atoms. The van der Waals surface area contributed by atoms with Gasteiger partial charge in [0, 0.05) is 25.0 Å². The standard InChI is InChI=1S/C9H17NO5S.Na/c11-9(12)6-7-10(16(13,14)15)8-4-2-1-3-5-8;/h8H,1-7H2,(H,11,12)(H,13,14,15);/q;+1/p-1. The summed E-state index contributed by atoms with van der Waals surface area (Å²) in [5.41, 5.74) is 0. The molecule has 6 nitrogen and oxygen atoms in total. The first kappa shape index (κ1) is 17.3. The van der Waals surface area contributed by atoms with Crippen LogP contribution in [0.3, 0.4) is 0 Å². The van der Waals surface area contributed by atoms with Crippen LogP contribution < -0.4 is 34.7 Å². The van der Waals surface area contributed by atoms with E-state index in [9.17, 15) is 18.3 Å². The van der Waals surface area contributed by atoms with Gasteiger partial charge in [-0.25, -0.2) is 0 Å². The first-order chi connectivity index (χ1) is 7.41. The monoisotopic (exact) mass is 273 g/mol. The van der Waals surface area contributed by atoms with Crippen molar-refractivity contribution in [3.63, 3.8) is 0 Å². The fraction of sp³-hybridized carbons (Fsp3) is 0.889. The SMILES string of the molecule is O=C([O-])CCN(C1CCCCC1)S(=O)(=O)O.[Na+]. The first-order valence-corrected chi connectivity index (χ1v) is 6.75. The number of hydrogen-bond acceptors (Lipinski definition) is 4. The van der Waals surface area contributed by atoms with Gasteiger partial charge in [0.2, 0.25) is 0 Å². The molecular weight excluding hydrogens is 257 g/mol. The number of aliphatic carboxylic acids is 1. The molecule has 0 aromatic rings. The van der Waals surface area contributed by atoms with Crippen molar-refractivity contribution in [1.29, 1.82) is 0 Å². The third kappa shape index (κ3) is 6.17. The molecule has 0 atom stereocenters. The van der Waals surface area contributed by atoms with E-state index in [2.05, 4.69) is 0 Å². The largest absolute Gasteiger partial charge is 1.00 e. The molecule has 0 spiro atoms. The molecule has 1 N–H and O–H groups in total. The van der Waals surface area contributed by atoms with E-state index in [1.54, 1.807) is 0 Å². The summed E-state index contributed by atoms with van der Waals surface area (Å²) < 4.78 is 32.1. The Kier molecular flexibility index (Phi) is 7.86. The van der Waals surface area contributed by atoms with Gasteiger partial charge >= 0.3 is 39.9 Å². The minimum absolute atomic E-state index is 0. The van der Waals surface area contributed by atoms with Gasteiger partial charge in [0.15, 0.2) is 0 Å². The molecule has 1 aliphatic rings. The second kappa shape index (κ2) is 7.70. The number of carboxylic acids is 1. The zero-order valence-corrected chi connectivity index (χ0v) is 12.8. The third-order valence-electron chi connectivity index (χ3n) is 2.81. The van der Waals surface area contributed by atoms with Gasteiger partial charge in [-0.2, -0.15) is 12.7 Å². The molecule has 0 aromatic carbocycles. The van der Waals surface area contributed by atoms with Crippen molar-refractivity contribution in [2.45, 2.75) is 44.6 Å². The molecule has 1 fully saturated rings. The maximum Gasteiger partial charge on any atom is 1.00 e. The molecule has 17 heavy (non-hydrogen) atoms. The fourth-order valence-electron chi connectivity index (χ4n) is 2.06. The van der Waals surface area contributed by atoms with Crippen molar-refractivity contribution in [2.24, 2.45) is 0 Å². The van der Waals surface area contributed by atoms with Crippen LogP contribution in [0.5, 0.6) is 0 Å². The first-order valence-electron chi connectivity index (χ1n) is 5.35. The van der Waals surface area contributed by atoms with E-state index in [1.807, 2.05) is 0 Å². The van der Waals surface area contributed by atoms with E-state index in [0.717, 1.165) is 23.6 Å². The van der Waals surface area contributed by atoms with E-state index in [-0.39, 0.29) is 42.1 Å². The molecule has 0 saturated heterocycles. The Labute approximate surface area is 124 Å². The van der Waals surface area contributed by atoms with Crippen molar-refractivity contribution in [3.05, 3.63) is 0 Å². The summed E-state index contributed by atoms with van der Waals surface area (Å²) in [5.74, 6) is -1.32. The number of carboxylic acid groups (broad SMARTS) is 1. The van der Waals surface area contributed by atoms with Gasteiger partial charge in [-0.05, 0) is 12.8 Å². The summed E-state index contributed by atoms with van der Waals surface area (Å²) in [6.07, 6.45) is 3.82. The number of hydrogen-bond donors (Lipinski definition) is 1. The summed E-state index contributed by atoms with van der Waals surface area (Å²) >= 11 is 0. The maximum absolute atomic E-state index is 11.1. The quantitative estimate of drug-likeness (QED) is 0.415. The second-order valence-corrected chi connectivity index (χ2v) is 5.37. The zero-order valence-electron chi connectivity index (χ0n) is 9.96. The minimum atomic E-state index is -4.32. The van der Waals surface area contributed by atoms with E-state index in [1.165, 1.54) is 0 Å². The number of carbonyl (C=O) groups is 1. The predicted octanol–water partition coefficient (Wildman–Crippen LogP) is -3.43. The Morgan fingerprint density at radius 3 is 2.24 bits per heavy atom. The van der Waals surface area contributed by atoms with Crippen molar-refractivity contribution in [1.82, 2.24) is 4.31 Å². The molecule has 1 rings (SSSR count). The van der Waals surface area contributed by atoms with Gasteiger partial charge in [0.05, 0.1) is 0 Å². The third-order valence-corrected chi connectivity index (χ3v) is 3.89. The average molecular weight is 273 g/mol. The molecule has 1 saturated carbocycles. The summed E-state index contributed by atoms with van der Waals surface area (Å²) in [7, 11) is -4.32. The van der Waals surface area contributed by atoms with E-state index in [0.29, 0.717) is 12.8 Å². The van der Waals surface area contributed by atoms with Gasteiger partial charge in [-0.3, -0.25) is 4.55 Å². The van der Waals surface area contributed by atoms with Crippen molar-refractivity contribution in [2.75, 3.05) is 6.54 Å². The maximum atomic E-state index is 11.1. The Hall–Kier alpha value is 0.340. The summed E-state index contributed by atoms with van der Waals surface area (Å²) in [6.45, 7) is -0.216. The average Bonchev–Trinajstić information content (AvgIpc) is 2.17. The topological polar surface area (TPSA) is 97.7 Å². The van der Waals surface area contributed by atoms with Crippen LogP contribution in [0.15, 0.2) is 0 Å². The van der Waals surface area contributed by atoms with Gasteiger partial charge in [0.25, 0.3) is 0 Å². The molecule has 0 unspecified atom stereocenters.